The van der Waals surface area contributed by atoms with E-state index in [2.05, 4.69) is 9.97 Å². The lowest BCUT2D eigenvalue weighted by atomic mass is 9.87. The van der Waals surface area contributed by atoms with Crippen molar-refractivity contribution in [2.45, 2.75) is 25.9 Å². The van der Waals surface area contributed by atoms with Gasteiger partial charge in [0.15, 0.2) is 0 Å². The van der Waals surface area contributed by atoms with Crippen molar-refractivity contribution in [2.75, 3.05) is 20.2 Å². The summed E-state index contributed by atoms with van der Waals surface area (Å²) in [4.78, 5) is 32.8. The molecule has 0 radical (unpaired) electrons. The molecule has 1 aromatic heterocycles. The number of H-pyrrole nitrogens is 1. The SMILES string of the molecule is CO[C@@H]1CN(C(=O)c2cnc(C)[nH]c2=O)CC[C@@H]1Cc1ccccc1F. The van der Waals surface area contributed by atoms with Crippen molar-refractivity contribution in [1.29, 1.82) is 0 Å². The van der Waals surface area contributed by atoms with Gasteiger partial charge in [0.1, 0.15) is 17.2 Å². The maximum Gasteiger partial charge on any atom is 0.263 e. The lowest BCUT2D eigenvalue weighted by Crippen LogP contribution is -2.49. The number of rotatable bonds is 4. The number of hydrogen-bond acceptors (Lipinski definition) is 4. The summed E-state index contributed by atoms with van der Waals surface area (Å²) < 4.78 is 19.5. The van der Waals surface area contributed by atoms with Crippen molar-refractivity contribution < 1.29 is 13.9 Å². The molecule has 0 saturated carbocycles. The standard InChI is InChI=1S/C19H22FN3O3/c1-12-21-10-15(18(24)22-12)19(25)23-8-7-14(17(11-23)26-2)9-13-5-3-4-6-16(13)20/h3-6,10,14,17H,7-9,11H2,1-2H3,(H,21,22,24)/t14-,17-/m1/s1. The van der Waals surface area contributed by atoms with Crippen LogP contribution in [-0.2, 0) is 11.2 Å². The van der Waals surface area contributed by atoms with Crippen LogP contribution in [0.25, 0.3) is 0 Å². The fourth-order valence-corrected chi connectivity index (χ4v) is 3.40. The summed E-state index contributed by atoms with van der Waals surface area (Å²) in [7, 11) is 1.59. The Morgan fingerprint density at radius 2 is 2.19 bits per heavy atom. The van der Waals surface area contributed by atoms with Crippen LogP contribution in [0.15, 0.2) is 35.3 Å². The van der Waals surface area contributed by atoms with Gasteiger partial charge in [-0.25, -0.2) is 9.37 Å². The second-order valence-corrected chi connectivity index (χ2v) is 6.58. The maximum atomic E-state index is 13.9. The Labute approximate surface area is 151 Å². The van der Waals surface area contributed by atoms with Gasteiger partial charge in [-0.3, -0.25) is 9.59 Å². The number of methoxy groups -OCH3 is 1. The first-order valence-corrected chi connectivity index (χ1v) is 8.61. The van der Waals surface area contributed by atoms with Gasteiger partial charge in [-0.05, 0) is 37.3 Å². The van der Waals surface area contributed by atoms with E-state index in [9.17, 15) is 14.0 Å². The van der Waals surface area contributed by atoms with Gasteiger partial charge >= 0.3 is 0 Å². The molecule has 3 rings (SSSR count). The van der Waals surface area contributed by atoms with Crippen molar-refractivity contribution in [1.82, 2.24) is 14.9 Å². The highest BCUT2D eigenvalue weighted by atomic mass is 19.1. The van der Waals surface area contributed by atoms with Crippen molar-refractivity contribution in [3.05, 3.63) is 63.6 Å². The minimum Gasteiger partial charge on any atom is -0.379 e. The molecule has 6 nitrogen and oxygen atoms in total. The Balaban J connectivity index is 1.72. The van der Waals surface area contributed by atoms with Crippen LogP contribution in [-0.4, -0.2) is 47.1 Å². The summed E-state index contributed by atoms with van der Waals surface area (Å²) in [6, 6.07) is 6.71. The number of ether oxygens (including phenoxy) is 1. The van der Waals surface area contributed by atoms with Crippen molar-refractivity contribution in [3.63, 3.8) is 0 Å². The number of aryl methyl sites for hydroxylation is 1. The van der Waals surface area contributed by atoms with Crippen molar-refractivity contribution in [2.24, 2.45) is 5.92 Å². The van der Waals surface area contributed by atoms with E-state index in [1.807, 2.05) is 6.07 Å². The van der Waals surface area contributed by atoms with E-state index < -0.39 is 5.56 Å². The molecular formula is C19H22FN3O3. The zero-order valence-corrected chi connectivity index (χ0v) is 14.9. The second-order valence-electron chi connectivity index (χ2n) is 6.58. The molecule has 26 heavy (non-hydrogen) atoms. The second kappa shape index (κ2) is 7.78. The highest BCUT2D eigenvalue weighted by Gasteiger charge is 2.33. The number of aromatic amines is 1. The fraction of sp³-hybridized carbons (Fsp3) is 0.421. The van der Waals surface area contributed by atoms with Crippen LogP contribution in [0.4, 0.5) is 4.39 Å². The molecule has 0 aliphatic carbocycles. The third-order valence-corrected chi connectivity index (χ3v) is 4.88. The maximum absolute atomic E-state index is 13.9. The lowest BCUT2D eigenvalue weighted by Gasteiger charge is -2.37. The molecule has 1 saturated heterocycles. The molecule has 7 heteroatoms. The topological polar surface area (TPSA) is 75.3 Å². The largest absolute Gasteiger partial charge is 0.379 e. The Morgan fingerprint density at radius 3 is 2.88 bits per heavy atom. The van der Waals surface area contributed by atoms with Gasteiger partial charge in [0.05, 0.1) is 6.10 Å². The molecule has 2 aromatic rings. The van der Waals surface area contributed by atoms with Gasteiger partial charge in [-0.15, -0.1) is 0 Å². The molecule has 1 amide bonds. The number of aromatic nitrogens is 2. The Bertz CT molecular complexity index is 852. The van der Waals surface area contributed by atoms with E-state index in [0.717, 1.165) is 0 Å². The highest BCUT2D eigenvalue weighted by Crippen LogP contribution is 2.26. The smallest absolute Gasteiger partial charge is 0.263 e. The number of halogens is 1. The molecule has 2 atom stereocenters. The van der Waals surface area contributed by atoms with Gasteiger partial charge in [0.25, 0.3) is 11.5 Å². The van der Waals surface area contributed by atoms with Crippen LogP contribution < -0.4 is 5.56 Å². The first-order valence-electron chi connectivity index (χ1n) is 8.61. The summed E-state index contributed by atoms with van der Waals surface area (Å²) in [6.45, 7) is 2.51. The Kier molecular flexibility index (Phi) is 5.46. The van der Waals surface area contributed by atoms with E-state index in [-0.39, 0.29) is 29.3 Å². The molecule has 138 valence electrons. The number of nitrogens with zero attached hydrogens (tertiary/aromatic N) is 2. The van der Waals surface area contributed by atoms with Crippen LogP contribution in [0.5, 0.6) is 0 Å². The lowest BCUT2D eigenvalue weighted by molar-refractivity contribution is -0.00725. The predicted octanol–water partition coefficient (Wildman–Crippen LogP) is 1.94. The minimum atomic E-state index is -0.440. The quantitative estimate of drug-likeness (QED) is 0.905. The van der Waals surface area contributed by atoms with Crippen molar-refractivity contribution in [3.8, 4) is 0 Å². The number of hydrogen-bond donors (Lipinski definition) is 1. The summed E-state index contributed by atoms with van der Waals surface area (Å²) >= 11 is 0. The molecule has 1 N–H and O–H groups in total. The highest BCUT2D eigenvalue weighted by molar-refractivity contribution is 5.93. The molecule has 2 heterocycles. The van der Waals surface area contributed by atoms with Crippen LogP contribution in [0.2, 0.25) is 0 Å². The molecule has 0 bridgehead atoms. The number of carbonyl (C=O) groups is 1. The number of benzene rings is 1. The average Bonchev–Trinajstić information content (AvgIpc) is 2.63. The number of piperidine rings is 1. The van der Waals surface area contributed by atoms with E-state index in [1.165, 1.54) is 12.3 Å². The van der Waals surface area contributed by atoms with E-state index in [0.29, 0.717) is 37.3 Å². The van der Waals surface area contributed by atoms with Gasteiger partial charge < -0.3 is 14.6 Å². The Hall–Kier alpha value is -2.54. The minimum absolute atomic E-state index is 0.0259. The van der Waals surface area contributed by atoms with Crippen LogP contribution in [0.1, 0.15) is 28.2 Å². The normalized spacial score (nSPS) is 20.2. The first-order chi connectivity index (χ1) is 12.5. The molecule has 1 aromatic carbocycles. The first kappa shape index (κ1) is 18.3. The molecule has 0 unspecified atom stereocenters. The zero-order valence-electron chi connectivity index (χ0n) is 14.9. The molecule has 1 fully saturated rings. The molecule has 1 aliphatic rings. The molecule has 1 aliphatic heterocycles. The van der Waals surface area contributed by atoms with Gasteiger partial charge in [-0.2, -0.15) is 0 Å². The third kappa shape index (κ3) is 3.83. The fourth-order valence-electron chi connectivity index (χ4n) is 3.40. The van der Waals surface area contributed by atoms with Gasteiger partial charge in [0, 0.05) is 26.4 Å². The monoisotopic (exact) mass is 359 g/mol. The van der Waals surface area contributed by atoms with Crippen LogP contribution >= 0.6 is 0 Å². The number of amides is 1. The van der Waals surface area contributed by atoms with Gasteiger partial charge in [0.2, 0.25) is 0 Å². The summed E-state index contributed by atoms with van der Waals surface area (Å²) in [5, 5.41) is 0. The summed E-state index contributed by atoms with van der Waals surface area (Å²) in [5.74, 6) is -0.0106. The van der Waals surface area contributed by atoms with Crippen molar-refractivity contribution >= 4 is 5.91 Å². The predicted molar refractivity (Wildman–Crippen MR) is 94.5 cm³/mol. The number of likely N-dealkylation sites (tertiary alicyclic amines) is 1. The molecular weight excluding hydrogens is 337 g/mol. The van der Waals surface area contributed by atoms with E-state index in [1.54, 1.807) is 31.1 Å². The molecule has 0 spiro atoms. The third-order valence-electron chi connectivity index (χ3n) is 4.88. The Morgan fingerprint density at radius 1 is 1.42 bits per heavy atom. The summed E-state index contributed by atoms with van der Waals surface area (Å²) in [6.07, 6.45) is 2.32. The number of carbonyl (C=O) groups excluding carboxylic acids is 1. The zero-order chi connectivity index (χ0) is 18.7. The summed E-state index contributed by atoms with van der Waals surface area (Å²) in [5.41, 5.74) is 0.237. The van der Waals surface area contributed by atoms with Crippen LogP contribution in [0.3, 0.4) is 0 Å². The number of nitrogens with one attached hydrogen (secondary N) is 1. The van der Waals surface area contributed by atoms with E-state index >= 15 is 0 Å². The van der Waals surface area contributed by atoms with Crippen LogP contribution in [0, 0.1) is 18.7 Å². The van der Waals surface area contributed by atoms with E-state index in [4.69, 9.17) is 4.74 Å². The van der Waals surface area contributed by atoms with Gasteiger partial charge in [-0.1, -0.05) is 18.2 Å². The average molecular weight is 359 g/mol.